The number of hydrogen-bond donors (Lipinski definition) is 1. The lowest BCUT2D eigenvalue weighted by Gasteiger charge is -2.34. The zero-order valence-corrected chi connectivity index (χ0v) is 11.0. The van der Waals surface area contributed by atoms with Gasteiger partial charge in [-0.3, -0.25) is 4.79 Å². The van der Waals surface area contributed by atoms with Gasteiger partial charge in [-0.25, -0.2) is 0 Å². The lowest BCUT2D eigenvalue weighted by atomic mass is 9.75. The van der Waals surface area contributed by atoms with Gasteiger partial charge in [-0.2, -0.15) is 0 Å². The fraction of sp³-hybridized carbons (Fsp3) is 0.533. The second-order valence-corrected chi connectivity index (χ2v) is 5.59. The summed E-state index contributed by atoms with van der Waals surface area (Å²) in [5, 5.41) is 9.55. The van der Waals surface area contributed by atoms with Crippen LogP contribution in [-0.2, 0) is 11.2 Å². The summed E-state index contributed by atoms with van der Waals surface area (Å²) < 4.78 is 5.65. The van der Waals surface area contributed by atoms with Crippen LogP contribution in [0, 0.1) is 11.3 Å². The van der Waals surface area contributed by atoms with Gasteiger partial charge in [0.25, 0.3) is 0 Å². The molecule has 1 aliphatic rings. The van der Waals surface area contributed by atoms with E-state index < -0.39 is 11.4 Å². The molecule has 18 heavy (non-hydrogen) atoms. The van der Waals surface area contributed by atoms with Gasteiger partial charge in [0.15, 0.2) is 0 Å². The molecule has 0 aliphatic carbocycles. The standard InChI is InChI=1S/C15H20O3/c1-11(2)7-8-15(14(16)17)9-12-5-3-4-6-13(12)18-10-15/h3-6,11H,7-10H2,1-2H3,(H,16,17). The molecule has 0 aromatic heterocycles. The monoisotopic (exact) mass is 248 g/mol. The minimum absolute atomic E-state index is 0.284. The van der Waals surface area contributed by atoms with E-state index in [9.17, 15) is 9.90 Å². The highest BCUT2D eigenvalue weighted by Crippen LogP contribution is 2.38. The zero-order valence-electron chi connectivity index (χ0n) is 11.0. The van der Waals surface area contributed by atoms with E-state index in [1.165, 1.54) is 0 Å². The molecule has 1 aromatic rings. The van der Waals surface area contributed by atoms with Crippen LogP contribution in [-0.4, -0.2) is 17.7 Å². The third-order valence-electron chi connectivity index (χ3n) is 3.66. The quantitative estimate of drug-likeness (QED) is 0.890. The number of rotatable bonds is 4. The molecular weight excluding hydrogens is 228 g/mol. The molecule has 3 nitrogen and oxygen atoms in total. The molecule has 1 aliphatic heterocycles. The van der Waals surface area contributed by atoms with E-state index in [4.69, 9.17) is 4.74 Å². The summed E-state index contributed by atoms with van der Waals surface area (Å²) in [5.41, 5.74) is 0.258. The Hall–Kier alpha value is -1.51. The summed E-state index contributed by atoms with van der Waals surface area (Å²) >= 11 is 0. The third kappa shape index (κ3) is 2.50. The highest BCUT2D eigenvalue weighted by molar-refractivity contribution is 5.76. The first kappa shape index (κ1) is 12.9. The lowest BCUT2D eigenvalue weighted by molar-refractivity contribution is -0.152. The first-order valence-electron chi connectivity index (χ1n) is 6.48. The first-order valence-corrected chi connectivity index (χ1v) is 6.48. The Bertz CT molecular complexity index is 439. The van der Waals surface area contributed by atoms with Crippen LogP contribution in [0.4, 0.5) is 0 Å². The van der Waals surface area contributed by atoms with Crippen LogP contribution in [0.5, 0.6) is 5.75 Å². The Morgan fingerprint density at radius 3 is 2.83 bits per heavy atom. The highest BCUT2D eigenvalue weighted by atomic mass is 16.5. The Balaban J connectivity index is 2.21. The molecule has 98 valence electrons. The predicted octanol–water partition coefficient (Wildman–Crippen LogP) is 3.13. The van der Waals surface area contributed by atoms with Crippen molar-refractivity contribution < 1.29 is 14.6 Å². The number of benzene rings is 1. The summed E-state index contributed by atoms with van der Waals surface area (Å²) in [7, 11) is 0. The van der Waals surface area contributed by atoms with E-state index in [1.807, 2.05) is 24.3 Å². The molecule has 1 unspecified atom stereocenters. The molecule has 0 spiro atoms. The maximum absolute atomic E-state index is 11.6. The predicted molar refractivity (Wildman–Crippen MR) is 69.8 cm³/mol. The Labute approximate surface area is 108 Å². The topological polar surface area (TPSA) is 46.5 Å². The molecule has 2 rings (SSSR count). The van der Waals surface area contributed by atoms with Crippen LogP contribution in [0.15, 0.2) is 24.3 Å². The van der Waals surface area contributed by atoms with Crippen LogP contribution >= 0.6 is 0 Å². The second kappa shape index (κ2) is 5.01. The van der Waals surface area contributed by atoms with Crippen molar-refractivity contribution in [3.05, 3.63) is 29.8 Å². The summed E-state index contributed by atoms with van der Waals surface area (Å²) in [6, 6.07) is 7.72. The number of para-hydroxylation sites is 1. The van der Waals surface area contributed by atoms with E-state index in [2.05, 4.69) is 13.8 Å². The van der Waals surface area contributed by atoms with E-state index in [0.29, 0.717) is 18.8 Å². The maximum Gasteiger partial charge on any atom is 0.313 e. The Kier molecular flexibility index (Phi) is 3.60. The zero-order chi connectivity index (χ0) is 13.2. The number of carbonyl (C=O) groups is 1. The van der Waals surface area contributed by atoms with E-state index >= 15 is 0 Å². The number of ether oxygens (including phenoxy) is 1. The number of aliphatic carboxylic acids is 1. The highest BCUT2D eigenvalue weighted by Gasteiger charge is 2.42. The lowest BCUT2D eigenvalue weighted by Crippen LogP contribution is -2.42. The van der Waals surface area contributed by atoms with Crippen LogP contribution in [0.1, 0.15) is 32.3 Å². The van der Waals surface area contributed by atoms with Crippen molar-refractivity contribution in [1.82, 2.24) is 0 Å². The minimum Gasteiger partial charge on any atom is -0.492 e. The van der Waals surface area contributed by atoms with Gasteiger partial charge < -0.3 is 9.84 Å². The van der Waals surface area contributed by atoms with Gasteiger partial charge in [0.05, 0.1) is 0 Å². The van der Waals surface area contributed by atoms with Crippen LogP contribution in [0.3, 0.4) is 0 Å². The maximum atomic E-state index is 11.6. The van der Waals surface area contributed by atoms with E-state index in [1.54, 1.807) is 0 Å². The van der Waals surface area contributed by atoms with Gasteiger partial charge >= 0.3 is 5.97 Å². The van der Waals surface area contributed by atoms with Crippen LogP contribution < -0.4 is 4.74 Å². The summed E-state index contributed by atoms with van der Waals surface area (Å²) in [6.45, 7) is 4.52. The number of fused-ring (bicyclic) bond motifs is 1. The van der Waals surface area contributed by atoms with Crippen molar-refractivity contribution in [2.45, 2.75) is 33.1 Å². The van der Waals surface area contributed by atoms with Gasteiger partial charge in [0.1, 0.15) is 17.8 Å². The minimum atomic E-state index is -0.751. The van der Waals surface area contributed by atoms with Gasteiger partial charge in [-0.1, -0.05) is 32.0 Å². The normalized spacial score (nSPS) is 22.4. The fourth-order valence-electron chi connectivity index (χ4n) is 2.39. The van der Waals surface area contributed by atoms with E-state index in [0.717, 1.165) is 17.7 Å². The Morgan fingerprint density at radius 1 is 1.44 bits per heavy atom. The molecule has 0 radical (unpaired) electrons. The van der Waals surface area contributed by atoms with Crippen LogP contribution in [0.25, 0.3) is 0 Å². The molecule has 1 N–H and O–H groups in total. The molecular formula is C15H20O3. The third-order valence-corrected chi connectivity index (χ3v) is 3.66. The van der Waals surface area contributed by atoms with Crippen molar-refractivity contribution in [2.75, 3.05) is 6.61 Å². The molecule has 3 heteroatoms. The summed E-state index contributed by atoms with van der Waals surface area (Å²) in [6.07, 6.45) is 2.16. The molecule has 1 aromatic carbocycles. The summed E-state index contributed by atoms with van der Waals surface area (Å²) in [5.74, 6) is 0.606. The smallest absolute Gasteiger partial charge is 0.313 e. The number of carboxylic acid groups (broad SMARTS) is 1. The van der Waals surface area contributed by atoms with Gasteiger partial charge in [0, 0.05) is 0 Å². The molecule has 0 saturated carbocycles. The van der Waals surface area contributed by atoms with Gasteiger partial charge in [-0.05, 0) is 36.8 Å². The number of hydrogen-bond acceptors (Lipinski definition) is 2. The van der Waals surface area contributed by atoms with Crippen molar-refractivity contribution in [3.63, 3.8) is 0 Å². The van der Waals surface area contributed by atoms with Crippen molar-refractivity contribution in [1.29, 1.82) is 0 Å². The molecule has 0 fully saturated rings. The molecule has 0 amide bonds. The molecule has 1 heterocycles. The largest absolute Gasteiger partial charge is 0.492 e. The molecule has 0 bridgehead atoms. The molecule has 1 atom stereocenters. The van der Waals surface area contributed by atoms with Crippen molar-refractivity contribution >= 4 is 5.97 Å². The average Bonchev–Trinajstić information content (AvgIpc) is 2.36. The van der Waals surface area contributed by atoms with Crippen LogP contribution in [0.2, 0.25) is 0 Å². The van der Waals surface area contributed by atoms with Gasteiger partial charge in [0.2, 0.25) is 0 Å². The van der Waals surface area contributed by atoms with Gasteiger partial charge in [-0.15, -0.1) is 0 Å². The second-order valence-electron chi connectivity index (χ2n) is 5.59. The van der Waals surface area contributed by atoms with Crippen molar-refractivity contribution in [2.24, 2.45) is 11.3 Å². The molecule has 0 saturated heterocycles. The first-order chi connectivity index (χ1) is 8.53. The average molecular weight is 248 g/mol. The SMILES string of the molecule is CC(C)CCC1(C(=O)O)COc2ccccc2C1. The Morgan fingerprint density at radius 2 is 2.17 bits per heavy atom. The fourth-order valence-corrected chi connectivity index (χ4v) is 2.39. The number of carboxylic acids is 1. The summed E-state index contributed by atoms with van der Waals surface area (Å²) in [4.78, 5) is 11.6. The van der Waals surface area contributed by atoms with Crippen molar-refractivity contribution in [3.8, 4) is 5.75 Å². The van der Waals surface area contributed by atoms with E-state index in [-0.39, 0.29) is 6.61 Å².